The van der Waals surface area contributed by atoms with E-state index in [-0.39, 0.29) is 11.8 Å². The van der Waals surface area contributed by atoms with Crippen molar-refractivity contribution < 1.29 is 14.3 Å². The highest BCUT2D eigenvalue weighted by Gasteiger charge is 2.28. The topological polar surface area (TPSA) is 97.3 Å². The molecule has 9 heteroatoms. The molecule has 150 valence electrons. The summed E-state index contributed by atoms with van der Waals surface area (Å²) in [5.74, 6) is 0.252. The van der Waals surface area contributed by atoms with Gasteiger partial charge in [0, 0.05) is 30.4 Å². The van der Waals surface area contributed by atoms with E-state index in [1.54, 1.807) is 18.5 Å². The summed E-state index contributed by atoms with van der Waals surface area (Å²) in [4.78, 5) is 40.5. The Bertz CT molecular complexity index is 824. The van der Waals surface area contributed by atoms with Gasteiger partial charge >= 0.3 is 5.97 Å². The molecule has 2 aromatic heterocycles. The SMILES string of the molecule is COC(=O)c1nc(NC(=O)C2CCCN(c3ncccn3)C2)sc1CC(C)C. The fourth-order valence-electron chi connectivity index (χ4n) is 3.21. The van der Waals surface area contributed by atoms with Crippen LogP contribution in [0.3, 0.4) is 0 Å². The normalized spacial score (nSPS) is 16.9. The number of amides is 1. The number of thiazole rings is 1. The Labute approximate surface area is 168 Å². The highest BCUT2D eigenvalue weighted by Crippen LogP contribution is 2.28. The number of methoxy groups -OCH3 is 1. The number of nitrogens with zero attached hydrogens (tertiary/aromatic N) is 4. The van der Waals surface area contributed by atoms with Crippen LogP contribution in [0.25, 0.3) is 0 Å². The number of piperidine rings is 1. The minimum Gasteiger partial charge on any atom is -0.464 e. The summed E-state index contributed by atoms with van der Waals surface area (Å²) in [5.41, 5.74) is 0.291. The number of aromatic nitrogens is 3. The molecule has 1 amide bonds. The highest BCUT2D eigenvalue weighted by atomic mass is 32.1. The molecule has 8 nitrogen and oxygen atoms in total. The van der Waals surface area contributed by atoms with Crippen molar-refractivity contribution in [2.75, 3.05) is 30.4 Å². The van der Waals surface area contributed by atoms with Crippen LogP contribution in [-0.2, 0) is 16.0 Å². The van der Waals surface area contributed by atoms with Gasteiger partial charge < -0.3 is 15.0 Å². The maximum absolute atomic E-state index is 12.8. The lowest BCUT2D eigenvalue weighted by Gasteiger charge is -2.31. The quantitative estimate of drug-likeness (QED) is 0.741. The van der Waals surface area contributed by atoms with Crippen LogP contribution < -0.4 is 10.2 Å². The molecule has 0 bridgehead atoms. The van der Waals surface area contributed by atoms with E-state index < -0.39 is 5.97 Å². The lowest BCUT2D eigenvalue weighted by molar-refractivity contribution is -0.120. The number of nitrogens with one attached hydrogen (secondary N) is 1. The first-order valence-electron chi connectivity index (χ1n) is 9.38. The Hall–Kier alpha value is -2.55. The average molecular weight is 404 g/mol. The molecule has 1 unspecified atom stereocenters. The standard InChI is InChI=1S/C19H25N5O3S/c1-12(2)10-14-15(17(26)27-3)22-19(28-14)23-16(25)13-6-4-9-24(11-13)18-20-7-5-8-21-18/h5,7-8,12-13H,4,6,9-11H2,1-3H3,(H,22,23,25). The molecule has 3 rings (SSSR count). The second-order valence-corrected chi connectivity index (χ2v) is 8.29. The van der Waals surface area contributed by atoms with Crippen molar-refractivity contribution in [3.05, 3.63) is 29.0 Å². The molecule has 1 saturated heterocycles. The largest absolute Gasteiger partial charge is 0.464 e. The van der Waals surface area contributed by atoms with Crippen LogP contribution in [0.15, 0.2) is 18.5 Å². The van der Waals surface area contributed by atoms with E-state index in [4.69, 9.17) is 4.74 Å². The van der Waals surface area contributed by atoms with Gasteiger partial charge in [0.25, 0.3) is 0 Å². The Morgan fingerprint density at radius 2 is 2.11 bits per heavy atom. The van der Waals surface area contributed by atoms with Crippen molar-refractivity contribution in [2.45, 2.75) is 33.1 Å². The number of carbonyl (C=O) groups excluding carboxylic acids is 2. The van der Waals surface area contributed by atoms with Crippen LogP contribution in [0.4, 0.5) is 11.1 Å². The van der Waals surface area contributed by atoms with Gasteiger partial charge in [-0.2, -0.15) is 0 Å². The van der Waals surface area contributed by atoms with Gasteiger partial charge in [0.05, 0.1) is 13.0 Å². The molecule has 1 fully saturated rings. The molecule has 2 aromatic rings. The molecule has 1 atom stereocenters. The van der Waals surface area contributed by atoms with Crippen molar-refractivity contribution in [1.29, 1.82) is 0 Å². The molecular weight excluding hydrogens is 378 g/mol. The molecule has 0 spiro atoms. The molecule has 1 aliphatic rings. The van der Waals surface area contributed by atoms with Crippen LogP contribution in [0.2, 0.25) is 0 Å². The lowest BCUT2D eigenvalue weighted by Crippen LogP contribution is -2.41. The second kappa shape index (κ2) is 9.09. The third-order valence-corrected chi connectivity index (χ3v) is 5.52. The molecule has 0 radical (unpaired) electrons. The fraction of sp³-hybridized carbons (Fsp3) is 0.526. The number of esters is 1. The monoisotopic (exact) mass is 403 g/mol. The molecule has 1 aliphatic heterocycles. The number of anilines is 2. The Morgan fingerprint density at radius 3 is 2.79 bits per heavy atom. The summed E-state index contributed by atoms with van der Waals surface area (Å²) in [6, 6.07) is 1.77. The average Bonchev–Trinajstić information content (AvgIpc) is 3.09. The zero-order chi connectivity index (χ0) is 20.1. The van der Waals surface area contributed by atoms with E-state index in [0.717, 1.165) is 24.3 Å². The summed E-state index contributed by atoms with van der Waals surface area (Å²) < 4.78 is 4.83. The zero-order valence-electron chi connectivity index (χ0n) is 16.3. The van der Waals surface area contributed by atoms with Crippen molar-refractivity contribution in [1.82, 2.24) is 15.0 Å². The van der Waals surface area contributed by atoms with Crippen LogP contribution in [0, 0.1) is 11.8 Å². The van der Waals surface area contributed by atoms with Crippen molar-refractivity contribution in [3.8, 4) is 0 Å². The summed E-state index contributed by atoms with van der Waals surface area (Å²) in [5, 5.41) is 3.33. The number of carbonyl (C=O) groups is 2. The van der Waals surface area contributed by atoms with E-state index in [0.29, 0.717) is 35.7 Å². The van der Waals surface area contributed by atoms with Crippen LogP contribution in [0.1, 0.15) is 42.1 Å². The predicted octanol–water partition coefficient (Wildman–Crippen LogP) is 2.77. The van der Waals surface area contributed by atoms with E-state index in [9.17, 15) is 9.59 Å². The lowest BCUT2D eigenvalue weighted by atomic mass is 9.97. The maximum Gasteiger partial charge on any atom is 0.357 e. The summed E-state index contributed by atoms with van der Waals surface area (Å²) >= 11 is 1.34. The molecule has 28 heavy (non-hydrogen) atoms. The Balaban J connectivity index is 1.70. The van der Waals surface area contributed by atoms with Gasteiger partial charge in [-0.05, 0) is 31.2 Å². The first-order valence-corrected chi connectivity index (χ1v) is 10.2. The maximum atomic E-state index is 12.8. The Kier molecular flexibility index (Phi) is 6.56. The number of rotatable bonds is 6. The first-order chi connectivity index (χ1) is 13.5. The van der Waals surface area contributed by atoms with Crippen LogP contribution >= 0.6 is 11.3 Å². The van der Waals surface area contributed by atoms with Crippen molar-refractivity contribution in [2.24, 2.45) is 11.8 Å². The molecular formula is C19H25N5O3S. The minimum absolute atomic E-state index is 0.0955. The van der Waals surface area contributed by atoms with Crippen molar-refractivity contribution >= 4 is 34.3 Å². The van der Waals surface area contributed by atoms with E-state index >= 15 is 0 Å². The highest BCUT2D eigenvalue weighted by molar-refractivity contribution is 7.16. The number of ether oxygens (including phenoxy) is 1. The minimum atomic E-state index is -0.475. The molecule has 3 heterocycles. The zero-order valence-corrected chi connectivity index (χ0v) is 17.2. The van der Waals surface area contributed by atoms with Gasteiger partial charge in [-0.1, -0.05) is 13.8 Å². The smallest absolute Gasteiger partial charge is 0.357 e. The van der Waals surface area contributed by atoms with E-state index in [1.165, 1.54) is 18.4 Å². The summed E-state index contributed by atoms with van der Waals surface area (Å²) in [6.07, 6.45) is 5.79. The third-order valence-electron chi connectivity index (χ3n) is 4.53. The molecule has 0 saturated carbocycles. The van der Waals surface area contributed by atoms with Crippen LogP contribution in [-0.4, -0.2) is 47.0 Å². The fourth-order valence-corrected chi connectivity index (χ4v) is 4.37. The summed E-state index contributed by atoms with van der Waals surface area (Å²) in [6.45, 7) is 5.53. The third kappa shape index (κ3) is 4.83. The van der Waals surface area contributed by atoms with Gasteiger partial charge in [0.15, 0.2) is 10.8 Å². The summed E-state index contributed by atoms with van der Waals surface area (Å²) in [7, 11) is 1.33. The van der Waals surface area contributed by atoms with Crippen LogP contribution in [0.5, 0.6) is 0 Å². The van der Waals surface area contributed by atoms with Gasteiger partial charge in [-0.15, -0.1) is 11.3 Å². The van der Waals surface area contributed by atoms with E-state index in [2.05, 4.69) is 34.1 Å². The molecule has 0 aliphatic carbocycles. The number of hydrogen-bond donors (Lipinski definition) is 1. The van der Waals surface area contributed by atoms with E-state index in [1.807, 2.05) is 4.90 Å². The van der Waals surface area contributed by atoms with Gasteiger partial charge in [0.2, 0.25) is 11.9 Å². The van der Waals surface area contributed by atoms with Gasteiger partial charge in [0.1, 0.15) is 0 Å². The molecule has 0 aromatic carbocycles. The second-order valence-electron chi connectivity index (χ2n) is 7.20. The number of hydrogen-bond acceptors (Lipinski definition) is 8. The predicted molar refractivity (Wildman–Crippen MR) is 108 cm³/mol. The van der Waals surface area contributed by atoms with Gasteiger partial charge in [-0.3, -0.25) is 4.79 Å². The Morgan fingerprint density at radius 1 is 1.36 bits per heavy atom. The molecule has 1 N–H and O–H groups in total. The van der Waals surface area contributed by atoms with Gasteiger partial charge in [-0.25, -0.2) is 19.7 Å². The van der Waals surface area contributed by atoms with Crippen molar-refractivity contribution in [3.63, 3.8) is 0 Å². The first kappa shape index (κ1) is 20.2.